The molecule has 0 saturated heterocycles. The van der Waals surface area contributed by atoms with Gasteiger partial charge in [-0.2, -0.15) is 5.10 Å². The average Bonchev–Trinajstić information content (AvgIpc) is 3.02. The zero-order valence-corrected chi connectivity index (χ0v) is 11.9. The Kier molecular flexibility index (Phi) is 2.74. The molecule has 5 N–H and O–H groups in total. The molecule has 0 bridgehead atoms. The molecule has 0 radical (unpaired) electrons. The number of H-pyrrole nitrogens is 1. The topological polar surface area (TPSA) is 124 Å². The van der Waals surface area contributed by atoms with Crippen LogP contribution in [0.1, 0.15) is 10.5 Å². The van der Waals surface area contributed by atoms with Crippen molar-refractivity contribution in [3.05, 3.63) is 48.3 Å². The number of carbonyl (C=O) groups excluding carboxylic acids is 1. The van der Waals surface area contributed by atoms with Gasteiger partial charge >= 0.3 is 0 Å². The lowest BCUT2D eigenvalue weighted by Gasteiger charge is -2.09. The second-order valence-corrected chi connectivity index (χ2v) is 5.20. The van der Waals surface area contributed by atoms with Crippen LogP contribution in [0.25, 0.3) is 32.9 Å². The number of anilines is 1. The SMILES string of the molecule is NC(=O)c1nnc2c(-c3ccc4cn[nH]c4c3)cccc2c1N. The van der Waals surface area contributed by atoms with Gasteiger partial charge in [-0.1, -0.05) is 30.3 Å². The van der Waals surface area contributed by atoms with E-state index in [-0.39, 0.29) is 11.4 Å². The van der Waals surface area contributed by atoms with Crippen LogP contribution in [0.3, 0.4) is 0 Å². The van der Waals surface area contributed by atoms with Gasteiger partial charge in [-0.25, -0.2) is 0 Å². The fourth-order valence-corrected chi connectivity index (χ4v) is 2.67. The molecule has 112 valence electrons. The van der Waals surface area contributed by atoms with Crippen molar-refractivity contribution in [1.82, 2.24) is 20.4 Å². The van der Waals surface area contributed by atoms with Crippen LogP contribution in [0.15, 0.2) is 42.6 Å². The molecule has 2 aromatic carbocycles. The lowest BCUT2D eigenvalue weighted by atomic mass is 10.0. The van der Waals surface area contributed by atoms with E-state index in [1.807, 2.05) is 30.3 Å². The number of nitrogens with two attached hydrogens (primary N) is 2. The molecule has 23 heavy (non-hydrogen) atoms. The molecule has 1 amide bonds. The number of rotatable bonds is 2. The number of benzene rings is 2. The molecule has 0 aliphatic rings. The zero-order valence-electron chi connectivity index (χ0n) is 11.9. The smallest absolute Gasteiger partial charge is 0.271 e. The quantitative estimate of drug-likeness (QED) is 0.521. The molecule has 0 fully saturated rings. The van der Waals surface area contributed by atoms with E-state index in [4.69, 9.17) is 11.5 Å². The maximum Gasteiger partial charge on any atom is 0.271 e. The number of nitrogens with one attached hydrogen (secondary N) is 1. The minimum absolute atomic E-state index is 0.0151. The molecule has 7 heteroatoms. The average molecular weight is 304 g/mol. The van der Waals surface area contributed by atoms with Crippen molar-refractivity contribution in [2.45, 2.75) is 0 Å². The molecule has 0 aliphatic carbocycles. The van der Waals surface area contributed by atoms with Crippen molar-refractivity contribution >= 4 is 33.4 Å². The van der Waals surface area contributed by atoms with Crippen LogP contribution in [-0.2, 0) is 0 Å². The summed E-state index contributed by atoms with van der Waals surface area (Å²) in [4.78, 5) is 11.4. The molecule has 0 aliphatic heterocycles. The molecule has 2 aromatic heterocycles. The first-order chi connectivity index (χ1) is 11.1. The monoisotopic (exact) mass is 304 g/mol. The number of aromatic nitrogens is 4. The van der Waals surface area contributed by atoms with Crippen LogP contribution < -0.4 is 11.5 Å². The predicted octanol–water partition coefficient (Wildman–Crippen LogP) is 1.85. The van der Waals surface area contributed by atoms with E-state index in [9.17, 15) is 4.79 Å². The van der Waals surface area contributed by atoms with Crippen LogP contribution >= 0.6 is 0 Å². The van der Waals surface area contributed by atoms with E-state index in [2.05, 4.69) is 20.4 Å². The third-order valence-electron chi connectivity index (χ3n) is 3.82. The number of amides is 1. The number of hydrogen-bond donors (Lipinski definition) is 3. The van der Waals surface area contributed by atoms with Crippen molar-refractivity contribution in [2.75, 3.05) is 5.73 Å². The van der Waals surface area contributed by atoms with E-state index in [1.54, 1.807) is 12.3 Å². The highest BCUT2D eigenvalue weighted by Gasteiger charge is 2.15. The van der Waals surface area contributed by atoms with E-state index in [0.29, 0.717) is 10.9 Å². The predicted molar refractivity (Wildman–Crippen MR) is 87.6 cm³/mol. The van der Waals surface area contributed by atoms with Gasteiger partial charge in [0.1, 0.15) is 5.52 Å². The van der Waals surface area contributed by atoms with Crippen molar-refractivity contribution in [3.63, 3.8) is 0 Å². The maximum absolute atomic E-state index is 11.4. The lowest BCUT2D eigenvalue weighted by molar-refractivity contribution is 0.0996. The molecular formula is C16H12N6O. The van der Waals surface area contributed by atoms with Crippen LogP contribution in [0, 0.1) is 0 Å². The largest absolute Gasteiger partial charge is 0.396 e. The van der Waals surface area contributed by atoms with Gasteiger partial charge in [0.25, 0.3) is 5.91 Å². The summed E-state index contributed by atoms with van der Waals surface area (Å²) in [6.45, 7) is 0. The summed E-state index contributed by atoms with van der Waals surface area (Å²) >= 11 is 0. The minimum Gasteiger partial charge on any atom is -0.396 e. The zero-order chi connectivity index (χ0) is 16.0. The van der Waals surface area contributed by atoms with E-state index in [0.717, 1.165) is 22.0 Å². The third kappa shape index (κ3) is 1.98. The van der Waals surface area contributed by atoms with Crippen LogP contribution in [0.5, 0.6) is 0 Å². The Labute approximate surface area is 130 Å². The van der Waals surface area contributed by atoms with Crippen LogP contribution in [-0.4, -0.2) is 26.3 Å². The minimum atomic E-state index is -0.693. The molecule has 0 saturated carbocycles. The molecule has 0 atom stereocenters. The number of primary amides is 1. The molecular weight excluding hydrogens is 292 g/mol. The standard InChI is InChI=1S/C16H12N6O/c17-13-11-3-1-2-10(14(11)21-22-15(13)16(18)23)8-4-5-9-7-19-20-12(9)6-8/h1-7H,(H2,17,21)(H2,18,23)(H,19,20). The number of nitrogen functional groups attached to an aromatic ring is 1. The van der Waals surface area contributed by atoms with E-state index < -0.39 is 5.91 Å². The van der Waals surface area contributed by atoms with Gasteiger partial charge in [-0.05, 0) is 11.6 Å². The first-order valence-electron chi connectivity index (χ1n) is 6.93. The normalized spacial score (nSPS) is 11.1. The number of aromatic amines is 1. The van der Waals surface area contributed by atoms with E-state index >= 15 is 0 Å². The molecule has 4 aromatic rings. The van der Waals surface area contributed by atoms with Crippen LogP contribution in [0.4, 0.5) is 5.69 Å². The summed E-state index contributed by atoms with van der Waals surface area (Å²) in [6.07, 6.45) is 1.76. The number of hydrogen-bond acceptors (Lipinski definition) is 5. The highest BCUT2D eigenvalue weighted by Crippen LogP contribution is 2.31. The molecule has 0 unspecified atom stereocenters. The number of carbonyl (C=O) groups is 1. The van der Waals surface area contributed by atoms with Gasteiger partial charge in [0.15, 0.2) is 5.69 Å². The Morgan fingerprint density at radius 1 is 1.13 bits per heavy atom. The summed E-state index contributed by atoms with van der Waals surface area (Å²) in [5, 5.41) is 16.7. The Balaban J connectivity index is 2.00. The first-order valence-corrected chi connectivity index (χ1v) is 6.93. The Morgan fingerprint density at radius 2 is 2.00 bits per heavy atom. The van der Waals surface area contributed by atoms with Gasteiger partial charge in [-0.15, -0.1) is 10.2 Å². The van der Waals surface area contributed by atoms with Gasteiger partial charge < -0.3 is 11.5 Å². The van der Waals surface area contributed by atoms with E-state index in [1.165, 1.54) is 0 Å². The molecule has 7 nitrogen and oxygen atoms in total. The lowest BCUT2D eigenvalue weighted by Crippen LogP contribution is -2.16. The highest BCUT2D eigenvalue weighted by molar-refractivity contribution is 6.07. The van der Waals surface area contributed by atoms with Gasteiger partial charge in [0.2, 0.25) is 0 Å². The Morgan fingerprint density at radius 3 is 2.83 bits per heavy atom. The fourth-order valence-electron chi connectivity index (χ4n) is 2.67. The van der Waals surface area contributed by atoms with Gasteiger partial charge in [0.05, 0.1) is 17.4 Å². The molecule has 2 heterocycles. The second-order valence-electron chi connectivity index (χ2n) is 5.20. The van der Waals surface area contributed by atoms with Crippen molar-refractivity contribution < 1.29 is 4.79 Å². The molecule has 4 rings (SSSR count). The van der Waals surface area contributed by atoms with Crippen molar-refractivity contribution in [2.24, 2.45) is 5.73 Å². The van der Waals surface area contributed by atoms with Crippen molar-refractivity contribution in [3.8, 4) is 11.1 Å². The van der Waals surface area contributed by atoms with Crippen molar-refractivity contribution in [1.29, 1.82) is 0 Å². The first kappa shape index (κ1) is 13.2. The molecule has 0 spiro atoms. The number of fused-ring (bicyclic) bond motifs is 2. The second kappa shape index (κ2) is 4.77. The maximum atomic E-state index is 11.4. The van der Waals surface area contributed by atoms with Gasteiger partial charge in [-0.3, -0.25) is 9.89 Å². The Bertz CT molecular complexity index is 1070. The summed E-state index contributed by atoms with van der Waals surface area (Å²) in [5.74, 6) is -0.693. The third-order valence-corrected chi connectivity index (χ3v) is 3.82. The fraction of sp³-hybridized carbons (Fsp3) is 0. The number of nitrogens with zero attached hydrogens (tertiary/aromatic N) is 3. The van der Waals surface area contributed by atoms with Gasteiger partial charge in [0, 0.05) is 16.3 Å². The summed E-state index contributed by atoms with van der Waals surface area (Å²) in [6, 6.07) is 11.5. The highest BCUT2D eigenvalue weighted by atomic mass is 16.1. The summed E-state index contributed by atoms with van der Waals surface area (Å²) < 4.78 is 0. The van der Waals surface area contributed by atoms with Crippen LogP contribution in [0.2, 0.25) is 0 Å². The Hall–Kier alpha value is -3.48. The summed E-state index contributed by atoms with van der Waals surface area (Å²) in [5.41, 5.74) is 14.9. The summed E-state index contributed by atoms with van der Waals surface area (Å²) in [7, 11) is 0.